The Morgan fingerprint density at radius 1 is 1.60 bits per heavy atom. The second-order valence-corrected chi connectivity index (χ2v) is 3.41. The molecule has 0 radical (unpaired) electrons. The Morgan fingerprint density at radius 2 is 2.27 bits per heavy atom. The molecule has 0 aromatic carbocycles. The Balaban J connectivity index is 2.72. The summed E-state index contributed by atoms with van der Waals surface area (Å²) in [5.74, 6) is 0.364. The van der Waals surface area contributed by atoms with Gasteiger partial charge in [0.05, 0.1) is 18.3 Å². The Kier molecular flexibility index (Phi) is 3.85. The first-order chi connectivity index (χ1) is 7.08. The summed E-state index contributed by atoms with van der Waals surface area (Å²) in [7, 11) is 0. The van der Waals surface area contributed by atoms with Crippen LogP contribution in [0, 0.1) is 13.8 Å². The minimum Gasteiger partial charge on any atom is -0.436 e. The summed E-state index contributed by atoms with van der Waals surface area (Å²) in [6.45, 7) is 5.21. The van der Waals surface area contributed by atoms with Gasteiger partial charge in [0.2, 0.25) is 5.76 Å². The predicted octanol–water partition coefficient (Wildman–Crippen LogP) is 0.792. The molecule has 0 fully saturated rings. The average molecular weight is 212 g/mol. The molecule has 0 aliphatic rings. The molecule has 1 unspecified atom stereocenters. The van der Waals surface area contributed by atoms with Crippen molar-refractivity contribution in [3.05, 3.63) is 17.3 Å². The van der Waals surface area contributed by atoms with E-state index in [1.54, 1.807) is 13.8 Å². The topological polar surface area (TPSA) is 75.4 Å². The molecule has 0 aliphatic carbocycles. The van der Waals surface area contributed by atoms with Gasteiger partial charge < -0.3 is 14.8 Å². The van der Waals surface area contributed by atoms with Gasteiger partial charge in [-0.1, -0.05) is 6.92 Å². The van der Waals surface area contributed by atoms with Gasteiger partial charge in [-0.05, 0) is 13.3 Å². The Morgan fingerprint density at radius 3 is 2.67 bits per heavy atom. The van der Waals surface area contributed by atoms with Crippen LogP contribution in [0.1, 0.15) is 35.5 Å². The van der Waals surface area contributed by atoms with Gasteiger partial charge in [0.25, 0.3) is 5.91 Å². The molecule has 1 amide bonds. The van der Waals surface area contributed by atoms with E-state index in [1.165, 1.54) is 0 Å². The second kappa shape index (κ2) is 4.93. The van der Waals surface area contributed by atoms with Crippen molar-refractivity contribution in [1.82, 2.24) is 10.3 Å². The second-order valence-electron chi connectivity index (χ2n) is 3.41. The minimum atomic E-state index is -0.325. The highest BCUT2D eigenvalue weighted by Gasteiger charge is 2.18. The maximum atomic E-state index is 11.7. The van der Waals surface area contributed by atoms with Crippen molar-refractivity contribution >= 4 is 5.91 Å². The van der Waals surface area contributed by atoms with E-state index in [1.807, 2.05) is 6.92 Å². The maximum absolute atomic E-state index is 11.7. The zero-order chi connectivity index (χ0) is 11.4. The van der Waals surface area contributed by atoms with E-state index in [0.29, 0.717) is 18.0 Å². The van der Waals surface area contributed by atoms with Crippen LogP contribution in [0.4, 0.5) is 0 Å². The molecule has 0 spiro atoms. The Hall–Kier alpha value is -1.36. The van der Waals surface area contributed by atoms with Gasteiger partial charge in [-0.25, -0.2) is 4.98 Å². The minimum absolute atomic E-state index is 0.0750. The molecule has 1 heterocycles. The summed E-state index contributed by atoms with van der Waals surface area (Å²) < 4.78 is 5.16. The van der Waals surface area contributed by atoms with Gasteiger partial charge in [-0.2, -0.15) is 0 Å². The molecule has 1 aromatic heterocycles. The van der Waals surface area contributed by atoms with Crippen LogP contribution in [0.5, 0.6) is 0 Å². The number of oxazole rings is 1. The Labute approximate surface area is 88.5 Å². The third-order valence-electron chi connectivity index (χ3n) is 2.16. The molecular formula is C10H16N2O3. The summed E-state index contributed by atoms with van der Waals surface area (Å²) in [6.07, 6.45) is 0.675. The molecule has 84 valence electrons. The third kappa shape index (κ3) is 2.79. The monoisotopic (exact) mass is 212 g/mol. The standard InChI is InChI=1S/C10H16N2O3/c1-4-8(5-13)12-10(14)9-6(2)11-7(3)15-9/h8,13H,4-5H2,1-3H3,(H,12,14). The van der Waals surface area contributed by atoms with Crippen LogP contribution in [-0.2, 0) is 0 Å². The van der Waals surface area contributed by atoms with Crippen LogP contribution in [0.2, 0.25) is 0 Å². The summed E-state index contributed by atoms with van der Waals surface area (Å²) in [5.41, 5.74) is 0.567. The van der Waals surface area contributed by atoms with Gasteiger partial charge in [0, 0.05) is 6.92 Å². The van der Waals surface area contributed by atoms with E-state index in [-0.39, 0.29) is 24.3 Å². The lowest BCUT2D eigenvalue weighted by Crippen LogP contribution is -2.37. The molecule has 5 heteroatoms. The maximum Gasteiger partial charge on any atom is 0.289 e. The number of nitrogens with zero attached hydrogens (tertiary/aromatic N) is 1. The van der Waals surface area contributed by atoms with E-state index in [2.05, 4.69) is 10.3 Å². The largest absolute Gasteiger partial charge is 0.436 e. The number of aliphatic hydroxyl groups is 1. The zero-order valence-corrected chi connectivity index (χ0v) is 9.20. The van der Waals surface area contributed by atoms with E-state index in [9.17, 15) is 4.79 Å². The van der Waals surface area contributed by atoms with Crippen molar-refractivity contribution in [2.75, 3.05) is 6.61 Å². The van der Waals surface area contributed by atoms with Crippen LogP contribution >= 0.6 is 0 Å². The van der Waals surface area contributed by atoms with Crippen molar-refractivity contribution in [1.29, 1.82) is 0 Å². The number of aliphatic hydroxyl groups excluding tert-OH is 1. The van der Waals surface area contributed by atoms with Gasteiger partial charge in [-0.3, -0.25) is 4.79 Å². The molecule has 1 rings (SSSR count). The fourth-order valence-electron chi connectivity index (χ4n) is 1.27. The first kappa shape index (κ1) is 11.7. The van der Waals surface area contributed by atoms with Gasteiger partial charge in [0.1, 0.15) is 0 Å². The SMILES string of the molecule is CCC(CO)NC(=O)c1oc(C)nc1C. The first-order valence-corrected chi connectivity index (χ1v) is 4.94. The zero-order valence-electron chi connectivity index (χ0n) is 9.20. The molecule has 0 saturated heterocycles. The molecule has 5 nitrogen and oxygen atoms in total. The molecule has 1 atom stereocenters. The highest BCUT2D eigenvalue weighted by Crippen LogP contribution is 2.09. The molecule has 1 aromatic rings. The van der Waals surface area contributed by atoms with E-state index in [0.717, 1.165) is 0 Å². The van der Waals surface area contributed by atoms with Crippen LogP contribution in [0.15, 0.2) is 4.42 Å². The molecule has 0 aliphatic heterocycles. The number of amides is 1. The number of nitrogens with one attached hydrogen (secondary N) is 1. The molecule has 2 N–H and O–H groups in total. The average Bonchev–Trinajstić information content (AvgIpc) is 2.54. The van der Waals surface area contributed by atoms with Crippen LogP contribution in [0.3, 0.4) is 0 Å². The van der Waals surface area contributed by atoms with E-state index in [4.69, 9.17) is 9.52 Å². The summed E-state index contributed by atoms with van der Waals surface area (Å²) in [5, 5.41) is 11.6. The number of carbonyl (C=O) groups excluding carboxylic acids is 1. The van der Waals surface area contributed by atoms with Gasteiger partial charge in [-0.15, -0.1) is 0 Å². The normalized spacial score (nSPS) is 12.5. The van der Waals surface area contributed by atoms with Crippen molar-refractivity contribution < 1.29 is 14.3 Å². The Bertz CT molecular complexity index is 342. The van der Waals surface area contributed by atoms with Crippen LogP contribution in [-0.4, -0.2) is 28.6 Å². The molecular weight excluding hydrogens is 196 g/mol. The number of hydrogen-bond donors (Lipinski definition) is 2. The molecule has 15 heavy (non-hydrogen) atoms. The lowest BCUT2D eigenvalue weighted by Gasteiger charge is -2.12. The van der Waals surface area contributed by atoms with Gasteiger partial charge in [0.15, 0.2) is 5.89 Å². The van der Waals surface area contributed by atoms with Crippen molar-refractivity contribution in [2.45, 2.75) is 33.2 Å². The number of hydrogen-bond acceptors (Lipinski definition) is 4. The van der Waals surface area contributed by atoms with Crippen molar-refractivity contribution in [3.8, 4) is 0 Å². The fraction of sp³-hybridized carbons (Fsp3) is 0.600. The van der Waals surface area contributed by atoms with Crippen molar-refractivity contribution in [3.63, 3.8) is 0 Å². The van der Waals surface area contributed by atoms with E-state index < -0.39 is 0 Å². The van der Waals surface area contributed by atoms with E-state index >= 15 is 0 Å². The predicted molar refractivity (Wildman–Crippen MR) is 54.6 cm³/mol. The molecule has 0 bridgehead atoms. The van der Waals surface area contributed by atoms with Crippen LogP contribution < -0.4 is 5.32 Å². The third-order valence-corrected chi connectivity index (χ3v) is 2.16. The number of aromatic nitrogens is 1. The highest BCUT2D eigenvalue weighted by atomic mass is 16.4. The lowest BCUT2D eigenvalue weighted by molar-refractivity contribution is 0.0884. The van der Waals surface area contributed by atoms with Crippen molar-refractivity contribution in [2.24, 2.45) is 0 Å². The smallest absolute Gasteiger partial charge is 0.289 e. The lowest BCUT2D eigenvalue weighted by atomic mass is 10.2. The number of carbonyl (C=O) groups is 1. The number of aryl methyl sites for hydroxylation is 2. The van der Waals surface area contributed by atoms with Gasteiger partial charge >= 0.3 is 0 Å². The highest BCUT2D eigenvalue weighted by molar-refractivity contribution is 5.92. The summed E-state index contributed by atoms with van der Waals surface area (Å²) in [4.78, 5) is 15.7. The summed E-state index contributed by atoms with van der Waals surface area (Å²) >= 11 is 0. The van der Waals surface area contributed by atoms with Crippen LogP contribution in [0.25, 0.3) is 0 Å². The fourth-order valence-corrected chi connectivity index (χ4v) is 1.27. The first-order valence-electron chi connectivity index (χ1n) is 4.94. The quantitative estimate of drug-likeness (QED) is 0.773. The number of rotatable bonds is 4. The molecule has 0 saturated carbocycles. The summed E-state index contributed by atoms with van der Waals surface area (Å²) in [6, 6.07) is -0.234.